The molecule has 0 saturated carbocycles. The van der Waals surface area contributed by atoms with Crippen molar-refractivity contribution >= 4 is 23.5 Å². The van der Waals surface area contributed by atoms with Crippen molar-refractivity contribution in [1.29, 1.82) is 0 Å². The molecule has 1 aliphatic heterocycles. The summed E-state index contributed by atoms with van der Waals surface area (Å²) in [5.74, 6) is -2.16. The van der Waals surface area contributed by atoms with Crippen molar-refractivity contribution < 1.29 is 19.1 Å². The van der Waals surface area contributed by atoms with Crippen molar-refractivity contribution in [2.24, 2.45) is 5.41 Å². The maximum absolute atomic E-state index is 13.9. The van der Waals surface area contributed by atoms with E-state index in [9.17, 15) is 19.1 Å². The number of nitrogens with zero attached hydrogens (tertiary/aromatic N) is 1. The van der Waals surface area contributed by atoms with Crippen LogP contribution in [0.1, 0.15) is 36.5 Å². The van der Waals surface area contributed by atoms with Crippen molar-refractivity contribution in [1.82, 2.24) is 4.90 Å². The van der Waals surface area contributed by atoms with Crippen LogP contribution < -0.4 is 0 Å². The monoisotopic (exact) mass is 313 g/mol. The van der Waals surface area contributed by atoms with E-state index in [0.29, 0.717) is 19.4 Å². The lowest BCUT2D eigenvalue weighted by Gasteiger charge is -2.24. The number of amides is 1. The van der Waals surface area contributed by atoms with Gasteiger partial charge in [0.05, 0.1) is 16.0 Å². The van der Waals surface area contributed by atoms with Gasteiger partial charge in [0.25, 0.3) is 5.91 Å². The molecule has 4 nitrogen and oxygen atoms in total. The predicted octanol–water partition coefficient (Wildman–Crippen LogP) is 3.20. The van der Waals surface area contributed by atoms with Gasteiger partial charge in [-0.2, -0.15) is 0 Å². The van der Waals surface area contributed by atoms with Crippen LogP contribution in [0.5, 0.6) is 0 Å². The van der Waals surface area contributed by atoms with Crippen LogP contribution in [0.15, 0.2) is 18.2 Å². The maximum Gasteiger partial charge on any atom is 0.311 e. The second-order valence-electron chi connectivity index (χ2n) is 5.41. The van der Waals surface area contributed by atoms with Gasteiger partial charge in [-0.05, 0) is 25.0 Å². The van der Waals surface area contributed by atoms with Crippen molar-refractivity contribution in [2.45, 2.75) is 26.2 Å². The average Bonchev–Trinajstić information content (AvgIpc) is 2.87. The van der Waals surface area contributed by atoms with Gasteiger partial charge < -0.3 is 10.0 Å². The topological polar surface area (TPSA) is 57.6 Å². The fraction of sp³-hybridized carbons (Fsp3) is 0.467. The Bertz CT molecular complexity index is 578. The molecular formula is C15H17ClFNO3. The molecule has 0 aromatic heterocycles. The third-order valence-corrected chi connectivity index (χ3v) is 4.30. The molecule has 1 amide bonds. The van der Waals surface area contributed by atoms with Gasteiger partial charge in [-0.1, -0.05) is 31.0 Å². The van der Waals surface area contributed by atoms with Crippen molar-refractivity contribution in [2.75, 3.05) is 13.1 Å². The van der Waals surface area contributed by atoms with Crippen molar-refractivity contribution in [3.63, 3.8) is 0 Å². The molecule has 0 spiro atoms. The Morgan fingerprint density at radius 1 is 1.48 bits per heavy atom. The largest absolute Gasteiger partial charge is 0.481 e. The number of rotatable bonds is 4. The Balaban J connectivity index is 2.23. The van der Waals surface area contributed by atoms with E-state index in [0.717, 1.165) is 6.42 Å². The minimum Gasteiger partial charge on any atom is -0.481 e. The number of carboxylic acid groups (broad SMARTS) is 1. The summed E-state index contributed by atoms with van der Waals surface area (Å²) in [6.45, 7) is 2.34. The van der Waals surface area contributed by atoms with Gasteiger partial charge in [-0.3, -0.25) is 9.59 Å². The summed E-state index contributed by atoms with van der Waals surface area (Å²) < 4.78 is 13.9. The molecule has 1 heterocycles. The molecular weight excluding hydrogens is 297 g/mol. The van der Waals surface area contributed by atoms with Gasteiger partial charge in [0.2, 0.25) is 0 Å². The van der Waals surface area contributed by atoms with Gasteiger partial charge in [0.15, 0.2) is 5.82 Å². The van der Waals surface area contributed by atoms with Crippen LogP contribution >= 0.6 is 11.6 Å². The van der Waals surface area contributed by atoms with E-state index in [1.165, 1.54) is 23.1 Å². The van der Waals surface area contributed by atoms with E-state index in [1.807, 2.05) is 6.92 Å². The first-order valence-electron chi connectivity index (χ1n) is 6.88. The van der Waals surface area contributed by atoms with E-state index in [-0.39, 0.29) is 17.1 Å². The zero-order valence-corrected chi connectivity index (χ0v) is 12.5. The number of hydrogen-bond acceptors (Lipinski definition) is 2. The Hall–Kier alpha value is -1.62. The highest BCUT2D eigenvalue weighted by Crippen LogP contribution is 2.36. The number of halogens is 2. The third kappa shape index (κ3) is 2.88. The van der Waals surface area contributed by atoms with Gasteiger partial charge in [0.1, 0.15) is 0 Å². The number of carbonyl (C=O) groups is 2. The highest BCUT2D eigenvalue weighted by molar-refractivity contribution is 6.31. The summed E-state index contributed by atoms with van der Waals surface area (Å²) in [6, 6.07) is 4.24. The Morgan fingerprint density at radius 2 is 2.19 bits per heavy atom. The zero-order valence-electron chi connectivity index (χ0n) is 11.7. The second-order valence-corrected chi connectivity index (χ2v) is 5.82. The number of aliphatic carboxylic acids is 1. The predicted molar refractivity (Wildman–Crippen MR) is 76.9 cm³/mol. The minimum atomic E-state index is -0.917. The zero-order chi connectivity index (χ0) is 15.6. The van der Waals surface area contributed by atoms with E-state index in [1.54, 1.807) is 0 Å². The summed E-state index contributed by atoms with van der Waals surface area (Å²) in [6.07, 6.45) is 1.62. The smallest absolute Gasteiger partial charge is 0.311 e. The molecule has 0 radical (unpaired) electrons. The molecule has 0 bridgehead atoms. The molecule has 1 atom stereocenters. The Kier molecular flexibility index (Phi) is 4.52. The summed E-state index contributed by atoms with van der Waals surface area (Å²) in [5.41, 5.74) is -1.03. The first-order valence-corrected chi connectivity index (χ1v) is 7.26. The Labute approximate surface area is 127 Å². The van der Waals surface area contributed by atoms with Crippen molar-refractivity contribution in [3.8, 4) is 0 Å². The van der Waals surface area contributed by atoms with Crippen LogP contribution in [0.25, 0.3) is 0 Å². The lowest BCUT2D eigenvalue weighted by atomic mass is 9.83. The van der Waals surface area contributed by atoms with E-state index in [2.05, 4.69) is 0 Å². The normalized spacial score (nSPS) is 21.6. The van der Waals surface area contributed by atoms with Gasteiger partial charge >= 0.3 is 5.97 Å². The number of hydrogen-bond donors (Lipinski definition) is 1. The number of carboxylic acids is 1. The Morgan fingerprint density at radius 3 is 2.81 bits per heavy atom. The number of benzene rings is 1. The van der Waals surface area contributed by atoms with E-state index >= 15 is 0 Å². The standard InChI is InChI=1S/C15H17ClFNO3/c1-2-6-15(14(20)21)7-8-18(9-15)13(19)10-4-3-5-11(16)12(10)17/h3-5H,2,6-9H2,1H3,(H,20,21). The molecule has 1 unspecified atom stereocenters. The van der Waals surface area contributed by atoms with E-state index in [4.69, 9.17) is 11.6 Å². The minimum absolute atomic E-state index is 0.111. The van der Waals surface area contributed by atoms with Crippen LogP contribution in [0.2, 0.25) is 5.02 Å². The number of carbonyl (C=O) groups excluding carboxylic acids is 1. The second kappa shape index (κ2) is 6.02. The molecule has 0 aliphatic carbocycles. The molecule has 1 aromatic rings. The van der Waals surface area contributed by atoms with Crippen molar-refractivity contribution in [3.05, 3.63) is 34.6 Å². The molecule has 1 fully saturated rings. The van der Waals surface area contributed by atoms with Gasteiger partial charge in [0, 0.05) is 13.1 Å². The van der Waals surface area contributed by atoms with Crippen LogP contribution in [0.4, 0.5) is 4.39 Å². The molecule has 21 heavy (non-hydrogen) atoms. The maximum atomic E-state index is 13.9. The average molecular weight is 314 g/mol. The quantitative estimate of drug-likeness (QED) is 0.928. The van der Waals surface area contributed by atoms with E-state index < -0.39 is 23.1 Å². The lowest BCUT2D eigenvalue weighted by Crippen LogP contribution is -2.37. The molecule has 6 heteroatoms. The van der Waals surface area contributed by atoms with Crippen LogP contribution in [0, 0.1) is 11.2 Å². The molecule has 114 valence electrons. The highest BCUT2D eigenvalue weighted by Gasteiger charge is 2.45. The first-order chi connectivity index (χ1) is 9.91. The van der Waals surface area contributed by atoms with Gasteiger partial charge in [-0.15, -0.1) is 0 Å². The molecule has 1 aromatic carbocycles. The third-order valence-electron chi connectivity index (χ3n) is 4.01. The van der Waals surface area contributed by atoms with Crippen LogP contribution in [0.3, 0.4) is 0 Å². The fourth-order valence-electron chi connectivity index (χ4n) is 2.85. The fourth-order valence-corrected chi connectivity index (χ4v) is 3.02. The highest BCUT2D eigenvalue weighted by atomic mass is 35.5. The summed E-state index contributed by atoms with van der Waals surface area (Å²) in [4.78, 5) is 25.3. The van der Waals surface area contributed by atoms with Gasteiger partial charge in [-0.25, -0.2) is 4.39 Å². The summed E-state index contributed by atoms with van der Waals surface area (Å²) in [5, 5.41) is 9.32. The summed E-state index contributed by atoms with van der Waals surface area (Å²) >= 11 is 5.68. The number of likely N-dealkylation sites (tertiary alicyclic amines) is 1. The molecule has 1 N–H and O–H groups in total. The van der Waals surface area contributed by atoms with Crippen LogP contribution in [-0.2, 0) is 4.79 Å². The molecule has 1 saturated heterocycles. The molecule has 1 aliphatic rings. The first kappa shape index (κ1) is 15.8. The summed E-state index contributed by atoms with van der Waals surface area (Å²) in [7, 11) is 0. The molecule has 2 rings (SSSR count). The van der Waals surface area contributed by atoms with Crippen LogP contribution in [-0.4, -0.2) is 35.0 Å². The SMILES string of the molecule is CCCC1(C(=O)O)CCN(C(=O)c2cccc(Cl)c2F)C1. The lowest BCUT2D eigenvalue weighted by molar-refractivity contribution is -0.148.